The number of anilines is 1. The molecule has 2 amide bonds. The van der Waals surface area contributed by atoms with Crippen LogP contribution in [0.25, 0.3) is 0 Å². The summed E-state index contributed by atoms with van der Waals surface area (Å²) in [5.41, 5.74) is 0.0824. The Hall–Kier alpha value is -3.67. The summed E-state index contributed by atoms with van der Waals surface area (Å²) in [6, 6.07) is 16.2. The van der Waals surface area contributed by atoms with E-state index in [4.69, 9.17) is 23.2 Å². The van der Waals surface area contributed by atoms with Gasteiger partial charge in [0, 0.05) is 34.8 Å². The van der Waals surface area contributed by atoms with Gasteiger partial charge in [0.05, 0.1) is 15.5 Å². The number of halogens is 2. The Kier molecular flexibility index (Phi) is 10.1. The zero-order valence-electron chi connectivity index (χ0n) is 22.8. The van der Waals surface area contributed by atoms with E-state index < -0.39 is 33.4 Å². The van der Waals surface area contributed by atoms with Crippen LogP contribution in [0.1, 0.15) is 38.2 Å². The number of amides is 2. The Morgan fingerprint density at radius 2 is 1.71 bits per heavy atom. The number of carbonyl (C=O) groups is 2. The third-order valence-corrected chi connectivity index (χ3v) is 9.54. The summed E-state index contributed by atoms with van der Waals surface area (Å²) in [7, 11) is -4.36. The van der Waals surface area contributed by atoms with Gasteiger partial charge in [-0.1, -0.05) is 66.4 Å². The fourth-order valence-electron chi connectivity index (χ4n) is 4.82. The van der Waals surface area contributed by atoms with E-state index in [1.54, 1.807) is 25.1 Å². The van der Waals surface area contributed by atoms with Crippen molar-refractivity contribution in [3.8, 4) is 0 Å². The van der Waals surface area contributed by atoms with Gasteiger partial charge in [-0.05, 0) is 55.7 Å². The van der Waals surface area contributed by atoms with Crippen LogP contribution in [0.15, 0.2) is 77.7 Å². The molecule has 222 valence electrons. The number of rotatable bonds is 11. The predicted molar refractivity (Wildman–Crippen MR) is 161 cm³/mol. The third-order valence-electron chi connectivity index (χ3n) is 7.16. The van der Waals surface area contributed by atoms with Gasteiger partial charge in [0.25, 0.3) is 15.7 Å². The Balaban J connectivity index is 1.73. The van der Waals surface area contributed by atoms with Crippen molar-refractivity contribution in [1.29, 1.82) is 0 Å². The lowest BCUT2D eigenvalue weighted by molar-refractivity contribution is -0.384. The first kappa shape index (κ1) is 31.3. The van der Waals surface area contributed by atoms with E-state index in [2.05, 4.69) is 5.32 Å². The zero-order valence-corrected chi connectivity index (χ0v) is 25.1. The Bertz CT molecular complexity index is 1570. The molecule has 4 rings (SSSR count). The van der Waals surface area contributed by atoms with Crippen LogP contribution < -0.4 is 9.62 Å². The first-order valence-electron chi connectivity index (χ1n) is 13.3. The van der Waals surface area contributed by atoms with Crippen molar-refractivity contribution in [3.63, 3.8) is 0 Å². The van der Waals surface area contributed by atoms with E-state index in [-0.39, 0.29) is 39.8 Å². The van der Waals surface area contributed by atoms with Gasteiger partial charge in [-0.3, -0.25) is 24.0 Å². The maximum Gasteiger partial charge on any atom is 0.271 e. The summed E-state index contributed by atoms with van der Waals surface area (Å²) in [6.45, 7) is 0.725. The molecule has 1 aliphatic carbocycles. The van der Waals surface area contributed by atoms with Gasteiger partial charge in [0.2, 0.25) is 11.8 Å². The van der Waals surface area contributed by atoms with Gasteiger partial charge < -0.3 is 10.2 Å². The second-order valence-electron chi connectivity index (χ2n) is 10.0. The molecule has 3 aromatic carbocycles. The van der Waals surface area contributed by atoms with E-state index in [1.165, 1.54) is 53.4 Å². The van der Waals surface area contributed by atoms with Gasteiger partial charge >= 0.3 is 0 Å². The van der Waals surface area contributed by atoms with Crippen LogP contribution in [0, 0.1) is 10.1 Å². The Labute approximate surface area is 254 Å². The second-order valence-corrected chi connectivity index (χ2v) is 12.7. The average molecular weight is 634 g/mol. The molecule has 1 atom stereocenters. The molecule has 0 spiro atoms. The number of nitro benzene ring substituents is 1. The van der Waals surface area contributed by atoms with Crippen LogP contribution in [-0.4, -0.2) is 48.7 Å². The van der Waals surface area contributed by atoms with Crippen molar-refractivity contribution in [2.24, 2.45) is 0 Å². The predicted octanol–water partition coefficient (Wildman–Crippen LogP) is 5.57. The molecular weight excluding hydrogens is 603 g/mol. The molecule has 0 unspecified atom stereocenters. The lowest BCUT2D eigenvalue weighted by atomic mass is 10.1. The number of hydrogen-bond acceptors (Lipinski definition) is 6. The van der Waals surface area contributed by atoms with Crippen LogP contribution in [-0.2, 0) is 26.2 Å². The van der Waals surface area contributed by atoms with E-state index in [1.807, 2.05) is 0 Å². The summed E-state index contributed by atoms with van der Waals surface area (Å²) in [6.07, 6.45) is 3.67. The number of benzene rings is 3. The van der Waals surface area contributed by atoms with E-state index in [9.17, 15) is 28.1 Å². The Morgan fingerprint density at radius 3 is 2.36 bits per heavy atom. The molecule has 0 bridgehead atoms. The fraction of sp³-hybridized carbons (Fsp3) is 0.310. The quantitative estimate of drug-likeness (QED) is 0.217. The van der Waals surface area contributed by atoms with Crippen molar-refractivity contribution < 1.29 is 22.9 Å². The van der Waals surface area contributed by atoms with E-state index >= 15 is 0 Å². The summed E-state index contributed by atoms with van der Waals surface area (Å²) in [4.78, 5) is 39.3. The van der Waals surface area contributed by atoms with Gasteiger partial charge in [0.1, 0.15) is 12.6 Å². The molecule has 1 N–H and O–H groups in total. The van der Waals surface area contributed by atoms with Crippen molar-refractivity contribution in [3.05, 3.63) is 98.5 Å². The molecule has 42 heavy (non-hydrogen) atoms. The molecule has 1 fully saturated rings. The van der Waals surface area contributed by atoms with Crippen LogP contribution in [0.3, 0.4) is 0 Å². The molecule has 0 radical (unpaired) electrons. The topological polar surface area (TPSA) is 130 Å². The third kappa shape index (κ3) is 7.39. The summed E-state index contributed by atoms with van der Waals surface area (Å²) in [5, 5.41) is 15.1. The minimum absolute atomic E-state index is 0.00385. The summed E-state index contributed by atoms with van der Waals surface area (Å²) in [5.74, 6) is -1.09. The SMILES string of the molecule is C[C@H](C(=O)NC1CCCC1)N(Cc1ccc(Cl)cc1Cl)C(=O)CN(c1cccc([N+](=O)[O-])c1)S(=O)(=O)c1ccccc1. The van der Waals surface area contributed by atoms with Crippen LogP contribution >= 0.6 is 23.2 Å². The average Bonchev–Trinajstić information content (AvgIpc) is 3.48. The maximum absolute atomic E-state index is 14.0. The number of nitro groups is 1. The number of nitrogens with one attached hydrogen (secondary N) is 1. The number of sulfonamides is 1. The van der Waals surface area contributed by atoms with Crippen molar-refractivity contribution in [2.75, 3.05) is 10.8 Å². The van der Waals surface area contributed by atoms with Gasteiger partial charge in [-0.15, -0.1) is 0 Å². The highest BCUT2D eigenvalue weighted by Crippen LogP contribution is 2.29. The van der Waals surface area contributed by atoms with E-state index in [0.29, 0.717) is 10.6 Å². The monoisotopic (exact) mass is 632 g/mol. The molecule has 1 aliphatic rings. The molecule has 0 saturated heterocycles. The normalized spacial score (nSPS) is 14.3. The number of nitrogens with zero attached hydrogens (tertiary/aromatic N) is 3. The molecule has 1 saturated carbocycles. The van der Waals surface area contributed by atoms with Crippen LogP contribution in [0.4, 0.5) is 11.4 Å². The molecular formula is C29H30Cl2N4O6S. The maximum atomic E-state index is 14.0. The van der Waals surface area contributed by atoms with Crippen LogP contribution in [0.5, 0.6) is 0 Å². The summed E-state index contributed by atoms with van der Waals surface area (Å²) >= 11 is 12.5. The first-order valence-corrected chi connectivity index (χ1v) is 15.5. The Morgan fingerprint density at radius 1 is 1.02 bits per heavy atom. The number of hydrogen-bond donors (Lipinski definition) is 1. The largest absolute Gasteiger partial charge is 0.352 e. The number of carbonyl (C=O) groups excluding carboxylic acids is 2. The first-order chi connectivity index (χ1) is 20.0. The van der Waals surface area contributed by atoms with Crippen LogP contribution in [0.2, 0.25) is 10.0 Å². The molecule has 0 aliphatic heterocycles. The lowest BCUT2D eigenvalue weighted by Gasteiger charge is -2.32. The van der Waals surface area contributed by atoms with Crippen molar-refractivity contribution in [1.82, 2.24) is 10.2 Å². The van der Waals surface area contributed by atoms with Crippen molar-refractivity contribution in [2.45, 2.75) is 56.1 Å². The highest BCUT2D eigenvalue weighted by molar-refractivity contribution is 7.92. The lowest BCUT2D eigenvalue weighted by Crippen LogP contribution is -2.52. The molecule has 3 aromatic rings. The minimum Gasteiger partial charge on any atom is -0.352 e. The van der Waals surface area contributed by atoms with E-state index in [0.717, 1.165) is 36.1 Å². The molecule has 0 aromatic heterocycles. The standard InChI is InChI=1S/C29H30Cl2N4O6S/c1-20(29(37)32-23-8-5-6-9-23)33(18-21-14-15-22(30)16-27(21)31)28(36)19-34(24-10-7-11-25(17-24)35(38)39)42(40,41)26-12-3-2-4-13-26/h2-4,7,10-17,20,23H,5-6,8-9,18-19H2,1H3,(H,32,37)/t20-/m1/s1. The second kappa shape index (κ2) is 13.5. The fourth-order valence-corrected chi connectivity index (χ4v) is 6.71. The highest BCUT2D eigenvalue weighted by Gasteiger charge is 2.34. The highest BCUT2D eigenvalue weighted by atomic mass is 35.5. The summed E-state index contributed by atoms with van der Waals surface area (Å²) < 4.78 is 28.5. The zero-order chi connectivity index (χ0) is 30.4. The minimum atomic E-state index is -4.36. The molecule has 0 heterocycles. The van der Waals surface area contributed by atoms with Crippen molar-refractivity contribution >= 4 is 56.4 Å². The van der Waals surface area contributed by atoms with Gasteiger partial charge in [0.15, 0.2) is 0 Å². The number of non-ortho nitro benzene ring substituents is 1. The molecule has 10 nitrogen and oxygen atoms in total. The van der Waals surface area contributed by atoms with Gasteiger partial charge in [-0.25, -0.2) is 8.42 Å². The van der Waals surface area contributed by atoms with Gasteiger partial charge in [-0.2, -0.15) is 0 Å². The molecule has 13 heteroatoms. The smallest absolute Gasteiger partial charge is 0.271 e.